The van der Waals surface area contributed by atoms with Gasteiger partial charge in [0, 0.05) is 25.0 Å². The summed E-state index contributed by atoms with van der Waals surface area (Å²) in [5, 5.41) is 5.23. The summed E-state index contributed by atoms with van der Waals surface area (Å²) in [5.74, 6) is -0.198. The molecule has 0 aliphatic rings. The van der Waals surface area contributed by atoms with E-state index in [2.05, 4.69) is 10.6 Å². The molecule has 0 bridgehead atoms. The molecule has 0 atom stereocenters. The standard InChI is InChI=1S/C13H20N4O2/c1-3-7-17(9-12(18)15-2)13(19)16-11-6-4-5-10(14)8-11/h4-6,8H,3,7,9,14H2,1-2H3,(H,15,18)(H,16,19). The lowest BCUT2D eigenvalue weighted by atomic mass is 10.3. The lowest BCUT2D eigenvalue weighted by Gasteiger charge is -2.21. The van der Waals surface area contributed by atoms with E-state index < -0.39 is 0 Å². The predicted molar refractivity (Wildman–Crippen MR) is 75.8 cm³/mol. The molecule has 4 N–H and O–H groups in total. The van der Waals surface area contributed by atoms with E-state index >= 15 is 0 Å². The second-order valence-electron chi connectivity index (χ2n) is 4.15. The van der Waals surface area contributed by atoms with Gasteiger partial charge in [0.1, 0.15) is 6.54 Å². The van der Waals surface area contributed by atoms with Gasteiger partial charge in [-0.25, -0.2) is 4.79 Å². The van der Waals surface area contributed by atoms with E-state index in [1.54, 1.807) is 31.3 Å². The number of likely N-dealkylation sites (N-methyl/N-ethyl adjacent to an activating group) is 1. The highest BCUT2D eigenvalue weighted by molar-refractivity contribution is 5.92. The van der Waals surface area contributed by atoms with Crippen LogP contribution in [0.25, 0.3) is 0 Å². The zero-order chi connectivity index (χ0) is 14.3. The van der Waals surface area contributed by atoms with Crippen LogP contribution >= 0.6 is 0 Å². The smallest absolute Gasteiger partial charge is 0.322 e. The van der Waals surface area contributed by atoms with Crippen LogP contribution < -0.4 is 16.4 Å². The molecule has 104 valence electrons. The molecule has 0 aliphatic heterocycles. The number of anilines is 2. The van der Waals surface area contributed by atoms with Gasteiger partial charge >= 0.3 is 6.03 Å². The van der Waals surface area contributed by atoms with Crippen molar-refractivity contribution in [2.24, 2.45) is 0 Å². The van der Waals surface area contributed by atoms with Crippen LogP contribution in [-0.4, -0.2) is 37.0 Å². The normalized spacial score (nSPS) is 9.79. The Morgan fingerprint density at radius 2 is 2.11 bits per heavy atom. The number of nitrogens with one attached hydrogen (secondary N) is 2. The molecular weight excluding hydrogens is 244 g/mol. The second-order valence-corrected chi connectivity index (χ2v) is 4.15. The van der Waals surface area contributed by atoms with Gasteiger partial charge in [-0.3, -0.25) is 4.79 Å². The van der Waals surface area contributed by atoms with Crippen LogP contribution in [0.4, 0.5) is 16.2 Å². The number of carbonyl (C=O) groups excluding carboxylic acids is 2. The van der Waals surface area contributed by atoms with E-state index in [0.717, 1.165) is 6.42 Å². The minimum atomic E-state index is -0.309. The van der Waals surface area contributed by atoms with Gasteiger partial charge in [-0.1, -0.05) is 13.0 Å². The fourth-order valence-corrected chi connectivity index (χ4v) is 1.59. The highest BCUT2D eigenvalue weighted by Crippen LogP contribution is 2.12. The third-order valence-electron chi connectivity index (χ3n) is 2.53. The van der Waals surface area contributed by atoms with Gasteiger partial charge in [-0.15, -0.1) is 0 Å². The Hall–Kier alpha value is -2.24. The van der Waals surface area contributed by atoms with Crippen molar-refractivity contribution in [1.29, 1.82) is 0 Å². The van der Waals surface area contributed by atoms with Crippen molar-refractivity contribution in [2.75, 3.05) is 31.2 Å². The fraction of sp³-hybridized carbons (Fsp3) is 0.385. The minimum Gasteiger partial charge on any atom is -0.399 e. The molecule has 0 fully saturated rings. The van der Waals surface area contributed by atoms with E-state index in [1.165, 1.54) is 4.90 Å². The molecule has 1 aromatic carbocycles. The third kappa shape index (κ3) is 4.87. The molecule has 6 nitrogen and oxygen atoms in total. The molecule has 0 aliphatic carbocycles. The van der Waals surface area contributed by atoms with Crippen molar-refractivity contribution in [3.05, 3.63) is 24.3 Å². The molecular formula is C13H20N4O2. The van der Waals surface area contributed by atoms with Gasteiger partial charge < -0.3 is 21.3 Å². The number of nitrogens with two attached hydrogens (primary N) is 1. The van der Waals surface area contributed by atoms with Crippen molar-refractivity contribution >= 4 is 23.3 Å². The van der Waals surface area contributed by atoms with Crippen LogP contribution in [0.15, 0.2) is 24.3 Å². The highest BCUT2D eigenvalue weighted by Gasteiger charge is 2.15. The predicted octanol–water partition coefficient (Wildman–Crippen LogP) is 1.26. The molecule has 0 heterocycles. The van der Waals surface area contributed by atoms with Gasteiger partial charge in [0.15, 0.2) is 0 Å². The topological polar surface area (TPSA) is 87.5 Å². The minimum absolute atomic E-state index is 0.0402. The first kappa shape index (κ1) is 14.8. The summed E-state index contributed by atoms with van der Waals surface area (Å²) < 4.78 is 0. The maximum absolute atomic E-state index is 12.1. The average molecular weight is 264 g/mol. The van der Waals surface area contributed by atoms with Crippen molar-refractivity contribution in [1.82, 2.24) is 10.2 Å². The van der Waals surface area contributed by atoms with Gasteiger partial charge in [0.2, 0.25) is 5.91 Å². The fourth-order valence-electron chi connectivity index (χ4n) is 1.59. The first-order chi connectivity index (χ1) is 9.06. The van der Waals surface area contributed by atoms with Crippen molar-refractivity contribution in [3.63, 3.8) is 0 Å². The zero-order valence-corrected chi connectivity index (χ0v) is 11.3. The van der Waals surface area contributed by atoms with Gasteiger partial charge in [0.05, 0.1) is 0 Å². The van der Waals surface area contributed by atoms with Crippen LogP contribution in [0.5, 0.6) is 0 Å². The Morgan fingerprint density at radius 1 is 1.37 bits per heavy atom. The Kier molecular flexibility index (Phi) is 5.66. The van der Waals surface area contributed by atoms with Crippen LogP contribution in [0.3, 0.4) is 0 Å². The summed E-state index contributed by atoms with van der Waals surface area (Å²) >= 11 is 0. The van der Waals surface area contributed by atoms with Crippen molar-refractivity contribution in [3.8, 4) is 0 Å². The molecule has 3 amide bonds. The lowest BCUT2D eigenvalue weighted by molar-refractivity contribution is -0.121. The molecule has 0 spiro atoms. The largest absolute Gasteiger partial charge is 0.399 e. The quantitative estimate of drug-likeness (QED) is 0.700. The number of urea groups is 1. The maximum Gasteiger partial charge on any atom is 0.322 e. The van der Waals surface area contributed by atoms with Crippen molar-refractivity contribution in [2.45, 2.75) is 13.3 Å². The summed E-state index contributed by atoms with van der Waals surface area (Å²) in [6.07, 6.45) is 0.779. The van der Waals surface area contributed by atoms with E-state index in [4.69, 9.17) is 5.73 Å². The van der Waals surface area contributed by atoms with Crippen LogP contribution in [-0.2, 0) is 4.79 Å². The summed E-state index contributed by atoms with van der Waals surface area (Å²) in [6, 6.07) is 6.61. The third-order valence-corrected chi connectivity index (χ3v) is 2.53. The van der Waals surface area contributed by atoms with Crippen LogP contribution in [0.1, 0.15) is 13.3 Å². The Balaban J connectivity index is 2.68. The molecule has 0 saturated carbocycles. The highest BCUT2D eigenvalue weighted by atomic mass is 16.2. The van der Waals surface area contributed by atoms with E-state index in [9.17, 15) is 9.59 Å². The molecule has 0 radical (unpaired) electrons. The SMILES string of the molecule is CCCN(CC(=O)NC)C(=O)Nc1cccc(N)c1. The first-order valence-corrected chi connectivity index (χ1v) is 6.19. The van der Waals surface area contributed by atoms with Crippen LogP contribution in [0.2, 0.25) is 0 Å². The van der Waals surface area contributed by atoms with Gasteiger partial charge in [0.25, 0.3) is 0 Å². The Labute approximate surface area is 113 Å². The molecule has 0 saturated heterocycles. The van der Waals surface area contributed by atoms with Crippen LogP contribution in [0, 0.1) is 0 Å². The molecule has 1 aromatic rings. The molecule has 0 unspecified atom stereocenters. The average Bonchev–Trinajstić information content (AvgIpc) is 2.38. The molecule has 1 rings (SSSR count). The maximum atomic E-state index is 12.1. The summed E-state index contributed by atoms with van der Waals surface area (Å²) in [7, 11) is 1.54. The number of carbonyl (C=O) groups is 2. The Bertz CT molecular complexity index is 448. The number of nitrogens with zero attached hydrogens (tertiary/aromatic N) is 1. The molecule has 19 heavy (non-hydrogen) atoms. The molecule has 0 aromatic heterocycles. The number of benzene rings is 1. The monoisotopic (exact) mass is 264 g/mol. The van der Waals surface area contributed by atoms with E-state index in [0.29, 0.717) is 17.9 Å². The van der Waals surface area contributed by atoms with Gasteiger partial charge in [-0.05, 0) is 24.6 Å². The number of nitrogen functional groups attached to an aromatic ring is 1. The summed E-state index contributed by atoms with van der Waals surface area (Å²) in [4.78, 5) is 24.9. The summed E-state index contributed by atoms with van der Waals surface area (Å²) in [5.41, 5.74) is 6.83. The number of rotatable bonds is 5. The second kappa shape index (κ2) is 7.25. The van der Waals surface area contributed by atoms with Gasteiger partial charge in [-0.2, -0.15) is 0 Å². The number of hydrogen-bond donors (Lipinski definition) is 3. The Morgan fingerprint density at radius 3 is 2.68 bits per heavy atom. The number of hydrogen-bond acceptors (Lipinski definition) is 3. The number of amides is 3. The van der Waals surface area contributed by atoms with Crippen molar-refractivity contribution < 1.29 is 9.59 Å². The van der Waals surface area contributed by atoms with E-state index in [1.807, 2.05) is 6.92 Å². The zero-order valence-electron chi connectivity index (χ0n) is 11.3. The first-order valence-electron chi connectivity index (χ1n) is 6.19. The summed E-state index contributed by atoms with van der Waals surface area (Å²) in [6.45, 7) is 2.50. The van der Waals surface area contributed by atoms with E-state index in [-0.39, 0.29) is 18.5 Å². The lowest BCUT2D eigenvalue weighted by Crippen LogP contribution is -2.42. The molecule has 6 heteroatoms.